The van der Waals surface area contributed by atoms with Gasteiger partial charge in [-0.15, -0.1) is 0 Å². The molecule has 0 heterocycles. The minimum absolute atomic E-state index is 0.0698. The van der Waals surface area contributed by atoms with Crippen molar-refractivity contribution >= 4 is 11.7 Å². The fraction of sp³-hybridized carbons (Fsp3) is 0.562. The number of aryl methyl sites for hydroxylation is 1. The average Bonchev–Trinajstić information content (AvgIpc) is 2.42. The summed E-state index contributed by atoms with van der Waals surface area (Å²) in [5.74, 6) is 0.584. The van der Waals surface area contributed by atoms with E-state index in [1.807, 2.05) is 18.2 Å². The Hall–Kier alpha value is -1.51. The number of hydrogen-bond acceptors (Lipinski definition) is 1. The van der Waals surface area contributed by atoms with Crippen molar-refractivity contribution in [2.24, 2.45) is 5.92 Å². The average molecular weight is 260 g/mol. The SMILES string of the molecule is CCc1ccccc1NC(=O)N[C@H]1CCCC[C@H]1C. The van der Waals surface area contributed by atoms with Gasteiger partial charge in [-0.05, 0) is 36.8 Å². The van der Waals surface area contributed by atoms with Crippen LogP contribution in [0.2, 0.25) is 0 Å². The first-order chi connectivity index (χ1) is 9.20. The summed E-state index contributed by atoms with van der Waals surface area (Å²) < 4.78 is 0. The van der Waals surface area contributed by atoms with Crippen LogP contribution >= 0.6 is 0 Å². The number of para-hydroxylation sites is 1. The van der Waals surface area contributed by atoms with Crippen molar-refractivity contribution in [3.63, 3.8) is 0 Å². The third-order valence-electron chi connectivity index (χ3n) is 4.07. The molecule has 104 valence electrons. The number of amides is 2. The molecule has 2 N–H and O–H groups in total. The second-order valence-electron chi connectivity index (χ2n) is 5.48. The number of urea groups is 1. The van der Waals surface area contributed by atoms with Gasteiger partial charge in [-0.1, -0.05) is 44.9 Å². The Kier molecular flexibility index (Phi) is 4.83. The summed E-state index contributed by atoms with van der Waals surface area (Å²) in [6.07, 6.45) is 5.76. The molecule has 0 aliphatic heterocycles. The lowest BCUT2D eigenvalue weighted by molar-refractivity contribution is 0.232. The highest BCUT2D eigenvalue weighted by molar-refractivity contribution is 5.90. The van der Waals surface area contributed by atoms with Crippen LogP contribution in [0, 0.1) is 5.92 Å². The molecule has 0 saturated heterocycles. The highest BCUT2D eigenvalue weighted by Gasteiger charge is 2.22. The zero-order valence-corrected chi connectivity index (χ0v) is 11.9. The van der Waals surface area contributed by atoms with Gasteiger partial charge in [0.15, 0.2) is 0 Å². The van der Waals surface area contributed by atoms with Crippen molar-refractivity contribution in [1.82, 2.24) is 5.32 Å². The van der Waals surface area contributed by atoms with Crippen molar-refractivity contribution in [2.45, 2.75) is 52.0 Å². The van der Waals surface area contributed by atoms with Crippen LogP contribution in [0.4, 0.5) is 10.5 Å². The Morgan fingerprint density at radius 1 is 1.26 bits per heavy atom. The third-order valence-corrected chi connectivity index (χ3v) is 4.07. The van der Waals surface area contributed by atoms with E-state index in [2.05, 4.69) is 30.5 Å². The fourth-order valence-corrected chi connectivity index (χ4v) is 2.81. The van der Waals surface area contributed by atoms with Gasteiger partial charge in [0, 0.05) is 11.7 Å². The molecule has 0 spiro atoms. The first kappa shape index (κ1) is 13.9. The number of hydrogen-bond donors (Lipinski definition) is 2. The maximum absolute atomic E-state index is 12.1. The van der Waals surface area contributed by atoms with E-state index in [-0.39, 0.29) is 6.03 Å². The lowest BCUT2D eigenvalue weighted by atomic mass is 9.86. The Morgan fingerprint density at radius 3 is 2.74 bits per heavy atom. The van der Waals surface area contributed by atoms with Gasteiger partial charge in [-0.25, -0.2) is 4.79 Å². The highest BCUT2D eigenvalue weighted by atomic mass is 16.2. The monoisotopic (exact) mass is 260 g/mol. The number of anilines is 1. The zero-order valence-electron chi connectivity index (χ0n) is 11.9. The lowest BCUT2D eigenvalue weighted by Gasteiger charge is -2.29. The summed E-state index contributed by atoms with van der Waals surface area (Å²) in [5, 5.41) is 6.10. The summed E-state index contributed by atoms with van der Waals surface area (Å²) in [4.78, 5) is 12.1. The molecular formula is C16H24N2O. The van der Waals surface area contributed by atoms with E-state index in [9.17, 15) is 4.79 Å². The summed E-state index contributed by atoms with van der Waals surface area (Å²) in [6, 6.07) is 8.23. The fourth-order valence-electron chi connectivity index (χ4n) is 2.81. The number of carbonyl (C=O) groups excluding carboxylic acids is 1. The molecule has 1 aromatic carbocycles. The van der Waals surface area contributed by atoms with E-state index < -0.39 is 0 Å². The molecule has 1 aliphatic carbocycles. The lowest BCUT2D eigenvalue weighted by Crippen LogP contribution is -2.43. The standard InChI is InChI=1S/C16H24N2O/c1-3-13-9-5-7-11-15(13)18-16(19)17-14-10-6-4-8-12(14)2/h5,7,9,11-12,14H,3-4,6,8,10H2,1-2H3,(H2,17,18,19)/t12-,14+/m1/s1. The van der Waals surface area contributed by atoms with Crippen LogP contribution in [0.15, 0.2) is 24.3 Å². The quantitative estimate of drug-likeness (QED) is 0.849. The van der Waals surface area contributed by atoms with Crippen molar-refractivity contribution in [3.8, 4) is 0 Å². The number of nitrogens with one attached hydrogen (secondary N) is 2. The van der Waals surface area contributed by atoms with Gasteiger partial charge in [0.25, 0.3) is 0 Å². The number of carbonyl (C=O) groups is 1. The number of rotatable bonds is 3. The van der Waals surface area contributed by atoms with Crippen LogP contribution in [0.25, 0.3) is 0 Å². The molecule has 3 heteroatoms. The molecule has 0 unspecified atom stereocenters. The molecule has 1 aromatic rings. The smallest absolute Gasteiger partial charge is 0.319 e. The first-order valence-corrected chi connectivity index (χ1v) is 7.36. The minimum Gasteiger partial charge on any atom is -0.335 e. The highest BCUT2D eigenvalue weighted by Crippen LogP contribution is 2.24. The van der Waals surface area contributed by atoms with Crippen LogP contribution < -0.4 is 10.6 Å². The topological polar surface area (TPSA) is 41.1 Å². The molecule has 1 saturated carbocycles. The van der Waals surface area contributed by atoms with Gasteiger partial charge in [0.2, 0.25) is 0 Å². The van der Waals surface area contributed by atoms with Gasteiger partial charge < -0.3 is 10.6 Å². The summed E-state index contributed by atoms with van der Waals surface area (Å²) in [6.45, 7) is 4.33. The normalized spacial score (nSPS) is 22.8. The second kappa shape index (κ2) is 6.60. The van der Waals surface area contributed by atoms with Crippen LogP contribution in [0.3, 0.4) is 0 Å². The van der Waals surface area contributed by atoms with Crippen molar-refractivity contribution in [3.05, 3.63) is 29.8 Å². The van der Waals surface area contributed by atoms with Crippen LogP contribution in [0.5, 0.6) is 0 Å². The predicted molar refractivity (Wildman–Crippen MR) is 79.4 cm³/mol. The summed E-state index contributed by atoms with van der Waals surface area (Å²) in [5.41, 5.74) is 2.10. The molecule has 1 fully saturated rings. The molecular weight excluding hydrogens is 236 g/mol. The van der Waals surface area contributed by atoms with Gasteiger partial charge in [0.05, 0.1) is 0 Å². The van der Waals surface area contributed by atoms with Crippen LogP contribution in [-0.4, -0.2) is 12.1 Å². The molecule has 19 heavy (non-hydrogen) atoms. The van der Waals surface area contributed by atoms with Crippen LogP contribution in [0.1, 0.15) is 45.1 Å². The van der Waals surface area contributed by atoms with E-state index >= 15 is 0 Å². The Morgan fingerprint density at radius 2 is 2.00 bits per heavy atom. The zero-order chi connectivity index (χ0) is 13.7. The molecule has 1 aliphatic rings. The Balaban J connectivity index is 1.93. The van der Waals surface area contributed by atoms with Crippen molar-refractivity contribution in [2.75, 3.05) is 5.32 Å². The largest absolute Gasteiger partial charge is 0.335 e. The molecule has 0 bridgehead atoms. The summed E-state index contributed by atoms with van der Waals surface area (Å²) >= 11 is 0. The maximum atomic E-state index is 12.1. The maximum Gasteiger partial charge on any atom is 0.319 e. The van der Waals surface area contributed by atoms with Gasteiger partial charge in [-0.3, -0.25) is 0 Å². The number of benzene rings is 1. The molecule has 2 rings (SSSR count). The molecule has 0 radical (unpaired) electrons. The van der Waals surface area contributed by atoms with Crippen molar-refractivity contribution in [1.29, 1.82) is 0 Å². The van der Waals surface area contributed by atoms with E-state index in [0.29, 0.717) is 12.0 Å². The molecule has 0 aromatic heterocycles. The van der Waals surface area contributed by atoms with Crippen molar-refractivity contribution < 1.29 is 4.79 Å². The predicted octanol–water partition coefficient (Wildman–Crippen LogP) is 3.95. The Labute approximate surface area is 115 Å². The Bertz CT molecular complexity index is 431. The summed E-state index contributed by atoms with van der Waals surface area (Å²) in [7, 11) is 0. The second-order valence-corrected chi connectivity index (χ2v) is 5.48. The third kappa shape index (κ3) is 3.72. The van der Waals surface area contributed by atoms with E-state index in [4.69, 9.17) is 0 Å². The van der Waals surface area contributed by atoms with E-state index in [0.717, 1.165) is 18.5 Å². The first-order valence-electron chi connectivity index (χ1n) is 7.36. The van der Waals surface area contributed by atoms with Gasteiger partial charge in [-0.2, -0.15) is 0 Å². The minimum atomic E-state index is -0.0698. The molecule has 3 nitrogen and oxygen atoms in total. The van der Waals surface area contributed by atoms with E-state index in [1.54, 1.807) is 0 Å². The van der Waals surface area contributed by atoms with Gasteiger partial charge in [0.1, 0.15) is 0 Å². The van der Waals surface area contributed by atoms with Crippen LogP contribution in [-0.2, 0) is 6.42 Å². The molecule has 2 amide bonds. The van der Waals surface area contributed by atoms with E-state index in [1.165, 1.54) is 24.8 Å². The van der Waals surface area contributed by atoms with Gasteiger partial charge >= 0.3 is 6.03 Å². The molecule has 2 atom stereocenters.